The van der Waals surface area contributed by atoms with Gasteiger partial charge in [-0.3, -0.25) is 0 Å². The van der Waals surface area contributed by atoms with Crippen molar-refractivity contribution in [3.05, 3.63) is 0 Å². The van der Waals surface area contributed by atoms with E-state index in [0.717, 1.165) is 19.3 Å². The molecule has 0 aliphatic heterocycles. The Kier molecular flexibility index (Phi) is 2.19. The van der Waals surface area contributed by atoms with Gasteiger partial charge in [-0.15, -0.1) is 0 Å². The predicted octanol–water partition coefficient (Wildman–Crippen LogP) is 2.92. The summed E-state index contributed by atoms with van der Waals surface area (Å²) >= 11 is 0. The molecule has 0 radical (unpaired) electrons. The topological polar surface area (TPSA) is 29.5 Å². The minimum Gasteiger partial charge on any atom is -0.411 e. The minimum atomic E-state index is -1.50. The maximum atomic E-state index is 10.7. The van der Waals surface area contributed by atoms with E-state index in [9.17, 15) is 5.11 Å². The molecule has 0 saturated heterocycles. The van der Waals surface area contributed by atoms with Crippen LogP contribution in [0.3, 0.4) is 0 Å². The van der Waals surface area contributed by atoms with Crippen LogP contribution in [-0.4, -0.2) is 24.6 Å². The molecule has 0 aromatic heterocycles. The van der Waals surface area contributed by atoms with Crippen molar-refractivity contribution < 1.29 is 9.53 Å². The Morgan fingerprint density at radius 3 is 2.62 bits per heavy atom. The van der Waals surface area contributed by atoms with E-state index in [2.05, 4.69) is 19.6 Å². The zero-order chi connectivity index (χ0) is 11.6. The first-order valence-corrected chi connectivity index (χ1v) is 10.2. The van der Waals surface area contributed by atoms with Crippen LogP contribution in [0.5, 0.6) is 0 Å². The summed E-state index contributed by atoms with van der Waals surface area (Å²) in [6, 6.07) is 0. The lowest BCUT2D eigenvalue weighted by Crippen LogP contribution is -2.52. The van der Waals surface area contributed by atoms with Gasteiger partial charge in [0.05, 0.1) is 11.2 Å². The molecule has 3 aliphatic carbocycles. The molecule has 3 rings (SSSR count). The second-order valence-electron chi connectivity index (χ2n) is 7.16. The zero-order valence-electron chi connectivity index (χ0n) is 10.8. The summed E-state index contributed by atoms with van der Waals surface area (Å²) in [5.41, 5.74) is -0.279. The first-order valence-electron chi connectivity index (χ1n) is 6.78. The first kappa shape index (κ1) is 11.2. The molecular formula is C13H24O2Si. The van der Waals surface area contributed by atoms with E-state index in [0.29, 0.717) is 11.8 Å². The Morgan fingerprint density at radius 2 is 1.94 bits per heavy atom. The normalized spacial score (nSPS) is 51.0. The lowest BCUT2D eigenvalue weighted by molar-refractivity contribution is -0.0927. The van der Waals surface area contributed by atoms with Gasteiger partial charge < -0.3 is 9.53 Å². The largest absolute Gasteiger partial charge is 0.411 e. The van der Waals surface area contributed by atoms with Crippen LogP contribution < -0.4 is 0 Å². The van der Waals surface area contributed by atoms with Gasteiger partial charge in [0, 0.05) is 5.92 Å². The zero-order valence-corrected chi connectivity index (χ0v) is 11.8. The molecule has 4 atom stereocenters. The standard InChI is InChI=1S/C13H24O2Si/c1-16(2,3)15-13-8-4-7-12(14)9-10(13)5-6-11(12)13/h10-11,14H,4-9H2,1-3H3/t10-,11+,12+,13+/m1/s1. The molecule has 16 heavy (non-hydrogen) atoms. The molecule has 3 aliphatic rings. The Hall–Kier alpha value is 0.137. The molecule has 4 bridgehead atoms. The maximum absolute atomic E-state index is 10.7. The molecular weight excluding hydrogens is 216 g/mol. The highest BCUT2D eigenvalue weighted by molar-refractivity contribution is 6.69. The summed E-state index contributed by atoms with van der Waals surface area (Å²) in [5, 5.41) is 10.7. The SMILES string of the molecule is C[Si](C)(C)O[C@@]12CCC[C@]3(O)C[C@H]1CC[C@@H]32. The van der Waals surface area contributed by atoms with Crippen LogP contribution in [0.2, 0.25) is 19.6 Å². The monoisotopic (exact) mass is 240 g/mol. The molecule has 3 saturated carbocycles. The van der Waals surface area contributed by atoms with Crippen molar-refractivity contribution in [3.63, 3.8) is 0 Å². The van der Waals surface area contributed by atoms with Crippen LogP contribution in [0, 0.1) is 11.8 Å². The van der Waals surface area contributed by atoms with E-state index in [1.165, 1.54) is 19.3 Å². The lowest BCUT2D eigenvalue weighted by Gasteiger charge is -2.46. The number of aliphatic hydroxyl groups is 1. The fraction of sp³-hybridized carbons (Fsp3) is 1.00. The summed E-state index contributed by atoms with van der Waals surface area (Å²) < 4.78 is 6.59. The summed E-state index contributed by atoms with van der Waals surface area (Å²) in [4.78, 5) is 0. The smallest absolute Gasteiger partial charge is 0.184 e. The van der Waals surface area contributed by atoms with Crippen LogP contribution in [0.4, 0.5) is 0 Å². The summed E-state index contributed by atoms with van der Waals surface area (Å²) in [5.74, 6) is 1.10. The van der Waals surface area contributed by atoms with Gasteiger partial charge in [0.15, 0.2) is 8.32 Å². The average molecular weight is 240 g/mol. The molecule has 0 spiro atoms. The number of hydrogen-bond donors (Lipinski definition) is 1. The maximum Gasteiger partial charge on any atom is 0.184 e. The lowest BCUT2D eigenvalue weighted by atomic mass is 9.73. The first-order chi connectivity index (χ1) is 7.36. The van der Waals surface area contributed by atoms with E-state index in [-0.39, 0.29) is 11.2 Å². The summed E-state index contributed by atoms with van der Waals surface area (Å²) in [7, 11) is -1.50. The third-order valence-electron chi connectivity index (χ3n) is 5.01. The van der Waals surface area contributed by atoms with Crippen molar-refractivity contribution >= 4 is 8.32 Å². The Balaban J connectivity index is 1.95. The van der Waals surface area contributed by atoms with Crippen molar-refractivity contribution in [1.29, 1.82) is 0 Å². The second kappa shape index (κ2) is 3.12. The average Bonchev–Trinajstić information content (AvgIpc) is 2.48. The summed E-state index contributed by atoms with van der Waals surface area (Å²) in [6.45, 7) is 6.85. The van der Waals surface area contributed by atoms with Gasteiger partial charge in [0.25, 0.3) is 0 Å². The van der Waals surface area contributed by atoms with Crippen LogP contribution in [0.15, 0.2) is 0 Å². The van der Waals surface area contributed by atoms with E-state index in [4.69, 9.17) is 4.43 Å². The molecule has 0 heterocycles. The van der Waals surface area contributed by atoms with Crippen LogP contribution in [-0.2, 0) is 4.43 Å². The van der Waals surface area contributed by atoms with Gasteiger partial charge in [-0.1, -0.05) is 0 Å². The quantitative estimate of drug-likeness (QED) is 0.752. The van der Waals surface area contributed by atoms with E-state index >= 15 is 0 Å². The van der Waals surface area contributed by atoms with Crippen molar-refractivity contribution in [2.75, 3.05) is 0 Å². The van der Waals surface area contributed by atoms with Crippen molar-refractivity contribution in [1.82, 2.24) is 0 Å². The van der Waals surface area contributed by atoms with Gasteiger partial charge in [0.1, 0.15) is 0 Å². The van der Waals surface area contributed by atoms with Crippen molar-refractivity contribution in [2.24, 2.45) is 11.8 Å². The molecule has 0 unspecified atom stereocenters. The highest BCUT2D eigenvalue weighted by atomic mass is 28.4. The molecule has 0 aromatic rings. The third kappa shape index (κ3) is 1.37. The molecule has 92 valence electrons. The molecule has 2 nitrogen and oxygen atoms in total. The highest BCUT2D eigenvalue weighted by Crippen LogP contribution is 2.65. The van der Waals surface area contributed by atoms with Crippen LogP contribution in [0.1, 0.15) is 38.5 Å². The van der Waals surface area contributed by atoms with Gasteiger partial charge in [0.2, 0.25) is 0 Å². The van der Waals surface area contributed by atoms with E-state index in [1.807, 2.05) is 0 Å². The minimum absolute atomic E-state index is 0.0808. The molecule has 0 aromatic carbocycles. The second-order valence-corrected chi connectivity index (χ2v) is 11.6. The Morgan fingerprint density at radius 1 is 1.19 bits per heavy atom. The van der Waals surface area contributed by atoms with Gasteiger partial charge in [-0.2, -0.15) is 0 Å². The third-order valence-corrected chi connectivity index (χ3v) is 6.00. The Labute approximate surface area is 99.5 Å². The van der Waals surface area contributed by atoms with E-state index in [1.54, 1.807) is 0 Å². The number of rotatable bonds is 2. The van der Waals surface area contributed by atoms with E-state index < -0.39 is 8.32 Å². The Bertz CT molecular complexity index is 312. The van der Waals surface area contributed by atoms with Crippen LogP contribution in [0.25, 0.3) is 0 Å². The summed E-state index contributed by atoms with van der Waals surface area (Å²) in [6.07, 6.45) is 6.89. The molecule has 3 heteroatoms. The van der Waals surface area contributed by atoms with Crippen molar-refractivity contribution in [3.8, 4) is 0 Å². The van der Waals surface area contributed by atoms with Crippen molar-refractivity contribution in [2.45, 2.75) is 69.4 Å². The van der Waals surface area contributed by atoms with Gasteiger partial charge >= 0.3 is 0 Å². The molecule has 0 amide bonds. The fourth-order valence-electron chi connectivity index (χ4n) is 4.81. The molecule has 3 fully saturated rings. The predicted molar refractivity (Wildman–Crippen MR) is 66.8 cm³/mol. The van der Waals surface area contributed by atoms with Crippen LogP contribution >= 0.6 is 0 Å². The van der Waals surface area contributed by atoms with Gasteiger partial charge in [-0.05, 0) is 64.1 Å². The molecule has 1 N–H and O–H groups in total. The fourth-order valence-corrected chi connectivity index (χ4v) is 6.36. The number of hydrogen-bond acceptors (Lipinski definition) is 2. The highest BCUT2D eigenvalue weighted by Gasteiger charge is 2.67. The van der Waals surface area contributed by atoms with Gasteiger partial charge in [-0.25, -0.2) is 0 Å².